The first kappa shape index (κ1) is 15.4. The van der Waals surface area contributed by atoms with Crippen molar-refractivity contribution in [3.05, 3.63) is 12.7 Å². The van der Waals surface area contributed by atoms with E-state index in [0.29, 0.717) is 6.04 Å². The predicted molar refractivity (Wildman–Crippen MR) is 86.9 cm³/mol. The van der Waals surface area contributed by atoms with Gasteiger partial charge in [0.25, 0.3) is 0 Å². The molecule has 1 aliphatic carbocycles. The van der Waals surface area contributed by atoms with Crippen molar-refractivity contribution in [3.8, 4) is 0 Å². The minimum absolute atomic E-state index is 0.698. The molecule has 1 N–H and O–H groups in total. The fourth-order valence-electron chi connectivity index (χ4n) is 3.46. The quantitative estimate of drug-likeness (QED) is 0.595. The summed E-state index contributed by atoms with van der Waals surface area (Å²) in [5, 5.41) is 3.81. The van der Waals surface area contributed by atoms with Gasteiger partial charge >= 0.3 is 0 Å². The van der Waals surface area contributed by atoms with Gasteiger partial charge in [0.15, 0.2) is 0 Å². The van der Waals surface area contributed by atoms with Crippen molar-refractivity contribution in [2.75, 3.05) is 31.1 Å². The first-order chi connectivity index (χ1) is 9.31. The van der Waals surface area contributed by atoms with Gasteiger partial charge in [-0.2, -0.15) is 11.8 Å². The van der Waals surface area contributed by atoms with Crippen LogP contribution in [0.5, 0.6) is 0 Å². The normalized spacial score (nSPS) is 30.4. The van der Waals surface area contributed by atoms with Gasteiger partial charge in [0, 0.05) is 43.2 Å². The molecule has 2 fully saturated rings. The van der Waals surface area contributed by atoms with Gasteiger partial charge in [0.2, 0.25) is 0 Å². The highest BCUT2D eigenvalue weighted by molar-refractivity contribution is 7.99. The van der Waals surface area contributed by atoms with Crippen LogP contribution in [0.2, 0.25) is 0 Å². The summed E-state index contributed by atoms with van der Waals surface area (Å²) in [7, 11) is 0. The van der Waals surface area contributed by atoms with Crippen LogP contribution in [0, 0.1) is 5.92 Å². The summed E-state index contributed by atoms with van der Waals surface area (Å²) in [5.41, 5.74) is 0. The average molecular weight is 282 g/mol. The van der Waals surface area contributed by atoms with E-state index in [9.17, 15) is 0 Å². The highest BCUT2D eigenvalue weighted by atomic mass is 32.2. The van der Waals surface area contributed by atoms with E-state index in [4.69, 9.17) is 0 Å². The SMILES string of the molecule is C=CCSCCN1CC(C2CCCCC2)NCC1C. The van der Waals surface area contributed by atoms with Crippen molar-refractivity contribution in [2.45, 2.75) is 51.1 Å². The monoisotopic (exact) mass is 282 g/mol. The third-order valence-corrected chi connectivity index (χ3v) is 5.65. The van der Waals surface area contributed by atoms with Crippen LogP contribution >= 0.6 is 11.8 Å². The zero-order valence-electron chi connectivity index (χ0n) is 12.4. The molecular weight excluding hydrogens is 252 g/mol. The highest BCUT2D eigenvalue weighted by Gasteiger charge is 2.30. The Morgan fingerprint density at radius 3 is 2.84 bits per heavy atom. The number of nitrogens with one attached hydrogen (secondary N) is 1. The summed E-state index contributed by atoms with van der Waals surface area (Å²) in [4.78, 5) is 2.70. The molecule has 2 aliphatic rings. The topological polar surface area (TPSA) is 15.3 Å². The lowest BCUT2D eigenvalue weighted by molar-refractivity contribution is 0.110. The molecule has 0 spiro atoms. The van der Waals surface area contributed by atoms with Crippen LogP contribution < -0.4 is 5.32 Å². The molecule has 2 rings (SSSR count). The van der Waals surface area contributed by atoms with Crippen LogP contribution in [0.15, 0.2) is 12.7 Å². The molecule has 2 nitrogen and oxygen atoms in total. The van der Waals surface area contributed by atoms with Crippen molar-refractivity contribution >= 4 is 11.8 Å². The number of nitrogens with zero attached hydrogens (tertiary/aromatic N) is 1. The van der Waals surface area contributed by atoms with Crippen LogP contribution in [0.3, 0.4) is 0 Å². The first-order valence-corrected chi connectivity index (χ1v) is 9.13. The largest absolute Gasteiger partial charge is 0.311 e. The molecule has 3 heteroatoms. The standard InChI is InChI=1S/C16H30N2S/c1-3-10-19-11-9-18-13-16(17-12-14(18)2)15-7-5-4-6-8-15/h3,14-17H,1,4-13H2,2H3. The number of thioether (sulfide) groups is 1. The van der Waals surface area contributed by atoms with E-state index in [2.05, 4.69) is 23.7 Å². The second-order valence-corrected chi connectivity index (χ2v) is 7.27. The zero-order valence-corrected chi connectivity index (χ0v) is 13.3. The van der Waals surface area contributed by atoms with Gasteiger partial charge in [0.1, 0.15) is 0 Å². The minimum Gasteiger partial charge on any atom is -0.311 e. The summed E-state index contributed by atoms with van der Waals surface area (Å²) < 4.78 is 0. The van der Waals surface area contributed by atoms with E-state index < -0.39 is 0 Å². The molecule has 1 aliphatic heterocycles. The second-order valence-electron chi connectivity index (χ2n) is 6.12. The molecule has 0 bridgehead atoms. The summed E-state index contributed by atoms with van der Waals surface area (Å²) >= 11 is 2.01. The lowest BCUT2D eigenvalue weighted by Gasteiger charge is -2.42. The van der Waals surface area contributed by atoms with Gasteiger partial charge in [-0.15, -0.1) is 6.58 Å². The Hall–Kier alpha value is 0.01000. The third-order valence-electron chi connectivity index (χ3n) is 4.71. The van der Waals surface area contributed by atoms with Crippen LogP contribution in [-0.4, -0.2) is 48.1 Å². The lowest BCUT2D eigenvalue weighted by atomic mass is 9.82. The van der Waals surface area contributed by atoms with Crippen molar-refractivity contribution < 1.29 is 0 Å². The van der Waals surface area contributed by atoms with Gasteiger partial charge < -0.3 is 5.32 Å². The van der Waals surface area contributed by atoms with Crippen molar-refractivity contribution in [1.82, 2.24) is 10.2 Å². The Kier molecular flexibility index (Phi) is 6.75. The molecule has 19 heavy (non-hydrogen) atoms. The van der Waals surface area contributed by atoms with Crippen LogP contribution in [0.1, 0.15) is 39.0 Å². The van der Waals surface area contributed by atoms with Crippen molar-refractivity contribution in [3.63, 3.8) is 0 Å². The summed E-state index contributed by atoms with van der Waals surface area (Å²) in [5.74, 6) is 3.27. The highest BCUT2D eigenvalue weighted by Crippen LogP contribution is 2.28. The van der Waals surface area contributed by atoms with Gasteiger partial charge in [-0.25, -0.2) is 0 Å². The average Bonchev–Trinajstić information content (AvgIpc) is 2.46. The molecular formula is C16H30N2S. The molecule has 1 saturated carbocycles. The molecule has 0 aromatic carbocycles. The molecule has 1 heterocycles. The Morgan fingerprint density at radius 2 is 2.11 bits per heavy atom. The maximum absolute atomic E-state index is 3.81. The van der Waals surface area contributed by atoms with E-state index in [1.54, 1.807) is 0 Å². The van der Waals surface area contributed by atoms with Gasteiger partial charge in [-0.1, -0.05) is 25.3 Å². The molecule has 2 unspecified atom stereocenters. The molecule has 110 valence electrons. The number of hydrogen-bond donors (Lipinski definition) is 1. The smallest absolute Gasteiger partial charge is 0.0224 e. The van der Waals surface area contributed by atoms with E-state index in [1.807, 2.05) is 17.8 Å². The number of rotatable bonds is 6. The first-order valence-electron chi connectivity index (χ1n) is 7.97. The maximum Gasteiger partial charge on any atom is 0.0224 e. The fourth-order valence-corrected chi connectivity index (χ4v) is 4.16. The minimum atomic E-state index is 0.698. The number of piperazine rings is 1. The van der Waals surface area contributed by atoms with E-state index in [-0.39, 0.29) is 0 Å². The molecule has 1 saturated heterocycles. The second kappa shape index (κ2) is 8.33. The molecule has 2 atom stereocenters. The zero-order chi connectivity index (χ0) is 13.5. The van der Waals surface area contributed by atoms with Crippen LogP contribution in [0.25, 0.3) is 0 Å². The van der Waals surface area contributed by atoms with Crippen molar-refractivity contribution in [1.29, 1.82) is 0 Å². The van der Waals surface area contributed by atoms with Gasteiger partial charge in [-0.05, 0) is 25.7 Å². The van der Waals surface area contributed by atoms with E-state index in [1.165, 1.54) is 57.5 Å². The molecule has 0 aromatic heterocycles. The number of hydrogen-bond acceptors (Lipinski definition) is 3. The van der Waals surface area contributed by atoms with Crippen LogP contribution in [0.4, 0.5) is 0 Å². The van der Waals surface area contributed by atoms with Gasteiger partial charge in [0.05, 0.1) is 0 Å². The third kappa shape index (κ3) is 4.80. The maximum atomic E-state index is 3.81. The van der Waals surface area contributed by atoms with E-state index >= 15 is 0 Å². The predicted octanol–water partition coefficient (Wildman–Crippen LogP) is 3.15. The summed E-state index contributed by atoms with van der Waals surface area (Å²) in [6.07, 6.45) is 9.27. The Balaban J connectivity index is 1.76. The summed E-state index contributed by atoms with van der Waals surface area (Å²) in [6, 6.07) is 1.45. The van der Waals surface area contributed by atoms with E-state index in [0.717, 1.165) is 17.7 Å². The Morgan fingerprint density at radius 1 is 1.32 bits per heavy atom. The molecule has 0 aromatic rings. The molecule has 0 radical (unpaired) electrons. The Bertz CT molecular complexity index is 263. The molecule has 0 amide bonds. The summed E-state index contributed by atoms with van der Waals surface area (Å²) in [6.45, 7) is 9.83. The van der Waals surface area contributed by atoms with Crippen LogP contribution in [-0.2, 0) is 0 Å². The lowest BCUT2D eigenvalue weighted by Crippen LogP contribution is -2.58. The van der Waals surface area contributed by atoms with Gasteiger partial charge in [-0.3, -0.25) is 4.90 Å². The fraction of sp³-hybridized carbons (Fsp3) is 0.875. The Labute approximate surface area is 123 Å². The van der Waals surface area contributed by atoms with Crippen molar-refractivity contribution in [2.24, 2.45) is 5.92 Å².